The lowest BCUT2D eigenvalue weighted by molar-refractivity contribution is -0.117. The summed E-state index contributed by atoms with van der Waals surface area (Å²) < 4.78 is 7.37. The van der Waals surface area contributed by atoms with E-state index in [0.717, 1.165) is 15.9 Å². The Bertz CT molecular complexity index is 1390. The minimum atomic E-state index is -0.465. The molecular formula is C23H21N5O4. The van der Waals surface area contributed by atoms with Crippen molar-refractivity contribution in [3.63, 3.8) is 0 Å². The lowest BCUT2D eigenvalue weighted by Gasteiger charge is -2.10. The van der Waals surface area contributed by atoms with Crippen molar-refractivity contribution in [1.82, 2.24) is 19.6 Å². The van der Waals surface area contributed by atoms with Crippen LogP contribution in [0, 0.1) is 13.8 Å². The van der Waals surface area contributed by atoms with Gasteiger partial charge in [-0.05, 0) is 49.7 Å². The Labute approximate surface area is 183 Å². The van der Waals surface area contributed by atoms with Crippen molar-refractivity contribution in [1.29, 1.82) is 0 Å². The zero-order chi connectivity index (χ0) is 22.8. The van der Waals surface area contributed by atoms with Crippen LogP contribution < -0.4 is 10.9 Å². The predicted octanol–water partition coefficient (Wildman–Crippen LogP) is 2.62. The van der Waals surface area contributed by atoms with Gasteiger partial charge in [0.15, 0.2) is 0 Å². The Morgan fingerprint density at radius 3 is 2.47 bits per heavy atom. The number of nitrogens with one attached hydrogen (secondary N) is 1. The molecule has 9 nitrogen and oxygen atoms in total. The number of anilines is 1. The van der Waals surface area contributed by atoms with Crippen LogP contribution in [-0.2, 0) is 16.1 Å². The molecule has 0 spiro atoms. The molecule has 0 aliphatic heterocycles. The van der Waals surface area contributed by atoms with Crippen LogP contribution in [0.1, 0.15) is 21.6 Å². The highest BCUT2D eigenvalue weighted by Gasteiger charge is 2.17. The average Bonchev–Trinajstić information content (AvgIpc) is 3.23. The summed E-state index contributed by atoms with van der Waals surface area (Å²) in [7, 11) is 1.30. The summed E-state index contributed by atoms with van der Waals surface area (Å²) in [5, 5.41) is 12.0. The number of benzene rings is 2. The van der Waals surface area contributed by atoms with Gasteiger partial charge in [-0.1, -0.05) is 18.2 Å². The number of nitrogens with zero attached hydrogens (tertiary/aromatic N) is 4. The SMILES string of the molecule is COC(=O)c1ccc(NC(=O)Cn2nc(C)c3cnn(-c4ccccc4C)c3c2=O)cc1. The van der Waals surface area contributed by atoms with Gasteiger partial charge in [0.05, 0.1) is 30.3 Å². The highest BCUT2D eigenvalue weighted by Crippen LogP contribution is 2.19. The van der Waals surface area contributed by atoms with Gasteiger partial charge in [0.2, 0.25) is 5.91 Å². The summed E-state index contributed by atoms with van der Waals surface area (Å²) in [5.41, 5.74) is 3.14. The topological polar surface area (TPSA) is 108 Å². The maximum Gasteiger partial charge on any atom is 0.337 e. The summed E-state index contributed by atoms with van der Waals surface area (Å²) in [6, 6.07) is 13.9. The minimum Gasteiger partial charge on any atom is -0.465 e. The number of carbonyl (C=O) groups excluding carboxylic acids is 2. The molecule has 9 heteroatoms. The van der Waals surface area contributed by atoms with Gasteiger partial charge in [-0.25, -0.2) is 14.2 Å². The molecule has 0 saturated carbocycles. The molecule has 1 amide bonds. The van der Waals surface area contributed by atoms with Gasteiger partial charge < -0.3 is 10.1 Å². The van der Waals surface area contributed by atoms with E-state index in [1.807, 2.05) is 31.2 Å². The molecule has 2 heterocycles. The maximum atomic E-state index is 13.2. The Morgan fingerprint density at radius 2 is 1.78 bits per heavy atom. The first-order valence-electron chi connectivity index (χ1n) is 9.88. The number of fused-ring (bicyclic) bond motifs is 1. The zero-order valence-corrected chi connectivity index (χ0v) is 17.8. The fourth-order valence-electron chi connectivity index (χ4n) is 3.46. The maximum absolute atomic E-state index is 13.2. The van der Waals surface area contributed by atoms with Crippen LogP contribution in [0.2, 0.25) is 0 Å². The largest absolute Gasteiger partial charge is 0.465 e. The van der Waals surface area contributed by atoms with E-state index < -0.39 is 17.4 Å². The first-order valence-corrected chi connectivity index (χ1v) is 9.88. The van der Waals surface area contributed by atoms with E-state index in [1.54, 1.807) is 42.1 Å². The highest BCUT2D eigenvalue weighted by atomic mass is 16.5. The summed E-state index contributed by atoms with van der Waals surface area (Å²) in [6.45, 7) is 3.44. The van der Waals surface area contributed by atoms with Crippen molar-refractivity contribution in [2.24, 2.45) is 0 Å². The molecule has 162 valence electrons. The third-order valence-corrected chi connectivity index (χ3v) is 5.09. The smallest absolute Gasteiger partial charge is 0.337 e. The van der Waals surface area contributed by atoms with Crippen molar-refractivity contribution in [3.8, 4) is 5.69 Å². The molecule has 0 radical (unpaired) electrons. The van der Waals surface area contributed by atoms with Gasteiger partial charge in [-0.15, -0.1) is 0 Å². The predicted molar refractivity (Wildman–Crippen MR) is 119 cm³/mol. The van der Waals surface area contributed by atoms with Crippen molar-refractivity contribution in [2.45, 2.75) is 20.4 Å². The second-order valence-electron chi connectivity index (χ2n) is 7.27. The second-order valence-corrected chi connectivity index (χ2v) is 7.27. The number of rotatable bonds is 5. The monoisotopic (exact) mass is 431 g/mol. The number of amides is 1. The number of carbonyl (C=O) groups is 2. The molecule has 0 aliphatic carbocycles. The Hall–Kier alpha value is -4.27. The van der Waals surface area contributed by atoms with Crippen LogP contribution in [0.15, 0.2) is 59.5 Å². The molecule has 0 fully saturated rings. The van der Waals surface area contributed by atoms with E-state index >= 15 is 0 Å². The number of aryl methyl sites for hydroxylation is 2. The van der Waals surface area contributed by atoms with E-state index in [-0.39, 0.29) is 6.54 Å². The standard InChI is InChI=1S/C23H21N5O4/c1-14-6-4-5-7-19(14)28-21-18(12-24-28)15(2)26-27(22(21)30)13-20(29)25-17-10-8-16(9-11-17)23(31)32-3/h4-12H,13H2,1-3H3,(H,25,29). The number of aromatic nitrogens is 4. The lowest BCUT2D eigenvalue weighted by atomic mass is 10.2. The number of esters is 1. The van der Waals surface area contributed by atoms with Crippen LogP contribution in [0.25, 0.3) is 16.6 Å². The van der Waals surface area contributed by atoms with Crippen molar-refractivity contribution >= 4 is 28.5 Å². The van der Waals surface area contributed by atoms with Gasteiger partial charge in [0.1, 0.15) is 12.1 Å². The summed E-state index contributed by atoms with van der Waals surface area (Å²) >= 11 is 0. The third-order valence-electron chi connectivity index (χ3n) is 5.09. The van der Waals surface area contributed by atoms with Gasteiger partial charge >= 0.3 is 5.97 Å². The minimum absolute atomic E-state index is 0.271. The molecule has 32 heavy (non-hydrogen) atoms. The van der Waals surface area contributed by atoms with E-state index in [9.17, 15) is 14.4 Å². The molecule has 2 aromatic heterocycles. The number of ether oxygens (including phenoxy) is 1. The molecule has 4 aromatic rings. The molecule has 0 saturated heterocycles. The number of para-hydroxylation sites is 1. The number of hydrogen-bond donors (Lipinski definition) is 1. The first-order chi connectivity index (χ1) is 15.4. The van der Waals surface area contributed by atoms with Crippen molar-refractivity contribution in [2.75, 3.05) is 12.4 Å². The first kappa shape index (κ1) is 21.0. The van der Waals surface area contributed by atoms with Crippen LogP contribution >= 0.6 is 0 Å². The van der Waals surface area contributed by atoms with E-state index in [1.165, 1.54) is 7.11 Å². The van der Waals surface area contributed by atoms with Crippen LogP contribution in [-0.4, -0.2) is 38.5 Å². The average molecular weight is 431 g/mol. The van der Waals surface area contributed by atoms with E-state index in [0.29, 0.717) is 27.8 Å². The lowest BCUT2D eigenvalue weighted by Crippen LogP contribution is -2.31. The zero-order valence-electron chi connectivity index (χ0n) is 17.8. The molecule has 0 atom stereocenters. The van der Waals surface area contributed by atoms with E-state index in [2.05, 4.69) is 20.3 Å². The van der Waals surface area contributed by atoms with Crippen molar-refractivity contribution in [3.05, 3.63) is 81.9 Å². The molecule has 0 bridgehead atoms. The molecule has 0 aliphatic rings. The van der Waals surface area contributed by atoms with Gasteiger partial charge in [0.25, 0.3) is 5.56 Å². The summed E-state index contributed by atoms with van der Waals surface area (Å²) in [5.74, 6) is -0.890. The second kappa shape index (κ2) is 8.46. The van der Waals surface area contributed by atoms with Crippen LogP contribution in [0.3, 0.4) is 0 Å². The molecular weight excluding hydrogens is 410 g/mol. The summed E-state index contributed by atoms with van der Waals surface area (Å²) in [6.07, 6.45) is 1.61. The Balaban J connectivity index is 1.63. The quantitative estimate of drug-likeness (QED) is 0.487. The van der Waals surface area contributed by atoms with Gasteiger partial charge in [-0.2, -0.15) is 10.2 Å². The molecule has 1 N–H and O–H groups in total. The van der Waals surface area contributed by atoms with Crippen LogP contribution in [0.5, 0.6) is 0 Å². The highest BCUT2D eigenvalue weighted by molar-refractivity contribution is 5.93. The third kappa shape index (κ3) is 3.87. The molecule has 0 unspecified atom stereocenters. The van der Waals surface area contributed by atoms with Crippen LogP contribution in [0.4, 0.5) is 5.69 Å². The fourth-order valence-corrected chi connectivity index (χ4v) is 3.46. The Kier molecular flexibility index (Phi) is 5.55. The van der Waals surface area contributed by atoms with E-state index in [4.69, 9.17) is 0 Å². The number of hydrogen-bond acceptors (Lipinski definition) is 6. The van der Waals surface area contributed by atoms with Gasteiger partial charge in [0, 0.05) is 11.1 Å². The fraction of sp³-hybridized carbons (Fsp3) is 0.174. The molecule has 2 aromatic carbocycles. The normalized spacial score (nSPS) is 10.8. The Morgan fingerprint density at radius 1 is 1.06 bits per heavy atom. The molecule has 4 rings (SSSR count). The number of methoxy groups -OCH3 is 1. The van der Waals surface area contributed by atoms with Crippen molar-refractivity contribution < 1.29 is 14.3 Å². The summed E-state index contributed by atoms with van der Waals surface area (Å²) in [4.78, 5) is 37.3. The van der Waals surface area contributed by atoms with Gasteiger partial charge in [-0.3, -0.25) is 9.59 Å².